The van der Waals surface area contributed by atoms with E-state index in [2.05, 4.69) is 32.3 Å². The summed E-state index contributed by atoms with van der Waals surface area (Å²) in [6.45, 7) is 3.22. The van der Waals surface area contributed by atoms with Gasteiger partial charge in [-0.15, -0.1) is 10.2 Å². The standard InChI is InChI=1S/C19H19N5O2/c1-13-8-10-24(22-13)19-7-6-18(20-21-19)23-9-2-3-15(23)14-4-5-16-17(11-14)26-12-25-16/h4-8,10-11,15H,2-3,9,12H2,1H3/t15-/m0/s1. The van der Waals surface area contributed by atoms with E-state index in [9.17, 15) is 0 Å². The predicted octanol–water partition coefficient (Wildman–Crippen LogP) is 3.04. The molecule has 0 radical (unpaired) electrons. The van der Waals surface area contributed by atoms with Gasteiger partial charge in [0.25, 0.3) is 0 Å². The van der Waals surface area contributed by atoms with Gasteiger partial charge in [0.1, 0.15) is 0 Å². The molecular weight excluding hydrogens is 330 g/mol. The fourth-order valence-corrected chi connectivity index (χ4v) is 3.64. The molecule has 3 aromatic rings. The summed E-state index contributed by atoms with van der Waals surface area (Å²) in [5.74, 6) is 3.25. The summed E-state index contributed by atoms with van der Waals surface area (Å²) >= 11 is 0. The third-order valence-corrected chi connectivity index (χ3v) is 4.92. The third kappa shape index (κ3) is 2.56. The van der Waals surface area contributed by atoms with E-state index < -0.39 is 0 Å². The Kier molecular flexibility index (Phi) is 3.51. The molecule has 0 N–H and O–H groups in total. The summed E-state index contributed by atoms with van der Waals surface area (Å²) in [6.07, 6.45) is 4.10. The van der Waals surface area contributed by atoms with Crippen LogP contribution >= 0.6 is 0 Å². The molecule has 7 nitrogen and oxygen atoms in total. The van der Waals surface area contributed by atoms with Crippen molar-refractivity contribution < 1.29 is 9.47 Å². The number of rotatable bonds is 3. The summed E-state index contributed by atoms with van der Waals surface area (Å²) in [4.78, 5) is 2.31. The maximum atomic E-state index is 5.53. The number of benzene rings is 1. The van der Waals surface area contributed by atoms with Crippen LogP contribution in [0.3, 0.4) is 0 Å². The number of ether oxygens (including phenoxy) is 2. The molecule has 1 fully saturated rings. The first-order valence-electron chi connectivity index (χ1n) is 8.80. The van der Waals surface area contributed by atoms with Crippen LogP contribution in [0.15, 0.2) is 42.6 Å². The molecule has 0 bridgehead atoms. The number of nitrogens with zero attached hydrogens (tertiary/aromatic N) is 5. The predicted molar refractivity (Wildman–Crippen MR) is 95.8 cm³/mol. The van der Waals surface area contributed by atoms with Crippen molar-refractivity contribution in [2.45, 2.75) is 25.8 Å². The molecule has 0 aliphatic carbocycles. The third-order valence-electron chi connectivity index (χ3n) is 4.92. The average molecular weight is 349 g/mol. The van der Waals surface area contributed by atoms with E-state index in [1.54, 1.807) is 4.68 Å². The molecule has 2 aromatic heterocycles. The molecule has 132 valence electrons. The molecule has 1 saturated heterocycles. The monoisotopic (exact) mass is 349 g/mol. The van der Waals surface area contributed by atoms with Gasteiger partial charge in [-0.3, -0.25) is 0 Å². The van der Waals surface area contributed by atoms with Crippen LogP contribution in [0.2, 0.25) is 0 Å². The van der Waals surface area contributed by atoms with Gasteiger partial charge in [-0.25, -0.2) is 4.68 Å². The Labute approximate surface area is 151 Å². The number of aromatic nitrogens is 4. The Morgan fingerprint density at radius 1 is 1.00 bits per heavy atom. The van der Waals surface area contributed by atoms with Crippen molar-refractivity contribution in [3.8, 4) is 17.3 Å². The Bertz CT molecular complexity index is 937. The minimum Gasteiger partial charge on any atom is -0.454 e. The average Bonchev–Trinajstić information content (AvgIpc) is 3.41. The van der Waals surface area contributed by atoms with Crippen molar-refractivity contribution in [3.05, 3.63) is 53.9 Å². The zero-order chi connectivity index (χ0) is 17.5. The topological polar surface area (TPSA) is 65.3 Å². The summed E-state index contributed by atoms with van der Waals surface area (Å²) in [5, 5.41) is 13.2. The van der Waals surface area contributed by atoms with Crippen LogP contribution in [0, 0.1) is 6.92 Å². The summed E-state index contributed by atoms with van der Waals surface area (Å²) in [6, 6.07) is 12.4. The molecule has 0 unspecified atom stereocenters. The lowest BCUT2D eigenvalue weighted by Crippen LogP contribution is -2.24. The molecule has 0 amide bonds. The van der Waals surface area contributed by atoms with Crippen molar-refractivity contribution >= 4 is 5.82 Å². The van der Waals surface area contributed by atoms with Crippen LogP contribution in [-0.4, -0.2) is 33.3 Å². The van der Waals surface area contributed by atoms with Crippen molar-refractivity contribution in [2.75, 3.05) is 18.2 Å². The van der Waals surface area contributed by atoms with Crippen molar-refractivity contribution in [1.82, 2.24) is 20.0 Å². The van der Waals surface area contributed by atoms with Gasteiger partial charge >= 0.3 is 0 Å². The van der Waals surface area contributed by atoms with Crippen molar-refractivity contribution in [2.24, 2.45) is 0 Å². The number of anilines is 1. The summed E-state index contributed by atoms with van der Waals surface area (Å²) < 4.78 is 12.7. The quantitative estimate of drug-likeness (QED) is 0.724. The van der Waals surface area contributed by atoms with Gasteiger partial charge in [0.2, 0.25) is 6.79 Å². The Balaban J connectivity index is 1.42. The van der Waals surface area contributed by atoms with E-state index in [4.69, 9.17) is 9.47 Å². The maximum absolute atomic E-state index is 5.53. The zero-order valence-electron chi connectivity index (χ0n) is 14.5. The number of hydrogen-bond acceptors (Lipinski definition) is 6. The summed E-state index contributed by atoms with van der Waals surface area (Å²) in [7, 11) is 0. The number of aryl methyl sites for hydroxylation is 1. The Hall–Kier alpha value is -3.09. The second-order valence-corrected chi connectivity index (χ2v) is 6.62. The highest BCUT2D eigenvalue weighted by Crippen LogP contribution is 2.40. The van der Waals surface area contributed by atoms with E-state index in [1.807, 2.05) is 37.4 Å². The highest BCUT2D eigenvalue weighted by Gasteiger charge is 2.29. The van der Waals surface area contributed by atoms with Crippen molar-refractivity contribution in [3.63, 3.8) is 0 Å². The lowest BCUT2D eigenvalue weighted by atomic mass is 10.0. The van der Waals surface area contributed by atoms with Crippen LogP contribution in [0.25, 0.3) is 5.82 Å². The second-order valence-electron chi connectivity index (χ2n) is 6.62. The van der Waals surface area contributed by atoms with Crippen LogP contribution in [0.5, 0.6) is 11.5 Å². The van der Waals surface area contributed by atoms with Crippen LogP contribution in [0.4, 0.5) is 5.82 Å². The van der Waals surface area contributed by atoms with E-state index in [0.717, 1.165) is 48.2 Å². The van der Waals surface area contributed by atoms with Gasteiger partial charge in [-0.05, 0) is 55.7 Å². The van der Waals surface area contributed by atoms with Crippen LogP contribution in [-0.2, 0) is 0 Å². The van der Waals surface area contributed by atoms with Gasteiger partial charge in [0, 0.05) is 12.7 Å². The Morgan fingerprint density at radius 2 is 1.85 bits per heavy atom. The largest absolute Gasteiger partial charge is 0.454 e. The normalized spacial score (nSPS) is 18.5. The van der Waals surface area contributed by atoms with E-state index in [-0.39, 0.29) is 6.04 Å². The molecule has 0 saturated carbocycles. The van der Waals surface area contributed by atoms with Gasteiger partial charge in [0.05, 0.1) is 11.7 Å². The van der Waals surface area contributed by atoms with Crippen molar-refractivity contribution in [1.29, 1.82) is 0 Å². The number of hydrogen-bond donors (Lipinski definition) is 0. The number of fused-ring (bicyclic) bond motifs is 1. The first kappa shape index (κ1) is 15.2. The summed E-state index contributed by atoms with van der Waals surface area (Å²) in [5.41, 5.74) is 2.18. The smallest absolute Gasteiger partial charge is 0.231 e. The molecule has 2 aliphatic heterocycles. The maximum Gasteiger partial charge on any atom is 0.231 e. The van der Waals surface area contributed by atoms with Gasteiger partial charge in [-0.2, -0.15) is 5.10 Å². The second kappa shape index (κ2) is 6.01. The van der Waals surface area contributed by atoms with Crippen LogP contribution < -0.4 is 14.4 Å². The van der Waals surface area contributed by atoms with Gasteiger partial charge < -0.3 is 14.4 Å². The first-order chi connectivity index (χ1) is 12.8. The highest BCUT2D eigenvalue weighted by atomic mass is 16.7. The van der Waals surface area contributed by atoms with E-state index in [1.165, 1.54) is 5.56 Å². The minimum atomic E-state index is 0.275. The SMILES string of the molecule is Cc1ccn(-c2ccc(N3CCC[C@H]3c3ccc4c(c3)OCO4)nn2)n1. The van der Waals surface area contributed by atoms with Gasteiger partial charge in [0.15, 0.2) is 23.1 Å². The molecule has 4 heterocycles. The molecule has 0 spiro atoms. The molecule has 1 aromatic carbocycles. The minimum absolute atomic E-state index is 0.275. The van der Waals surface area contributed by atoms with E-state index >= 15 is 0 Å². The zero-order valence-corrected chi connectivity index (χ0v) is 14.5. The highest BCUT2D eigenvalue weighted by molar-refractivity contribution is 5.49. The molecule has 2 aliphatic rings. The fraction of sp³-hybridized carbons (Fsp3) is 0.316. The van der Waals surface area contributed by atoms with Crippen LogP contribution in [0.1, 0.15) is 30.1 Å². The molecular formula is C19H19N5O2. The first-order valence-corrected chi connectivity index (χ1v) is 8.80. The molecule has 5 rings (SSSR count). The Morgan fingerprint density at radius 3 is 2.65 bits per heavy atom. The van der Waals surface area contributed by atoms with E-state index in [0.29, 0.717) is 6.79 Å². The lowest BCUT2D eigenvalue weighted by molar-refractivity contribution is 0.174. The molecule has 1 atom stereocenters. The molecule has 7 heteroatoms. The van der Waals surface area contributed by atoms with Gasteiger partial charge in [-0.1, -0.05) is 6.07 Å². The lowest BCUT2D eigenvalue weighted by Gasteiger charge is -2.25. The molecule has 26 heavy (non-hydrogen) atoms. The fourth-order valence-electron chi connectivity index (χ4n) is 3.64.